The van der Waals surface area contributed by atoms with E-state index >= 15 is 0 Å². The predicted molar refractivity (Wildman–Crippen MR) is 108 cm³/mol. The molecule has 1 N–H and O–H groups in total. The molecule has 1 unspecified atom stereocenters. The van der Waals surface area contributed by atoms with Gasteiger partial charge in [0.05, 0.1) is 12.1 Å². The lowest BCUT2D eigenvalue weighted by Gasteiger charge is -2.42. The number of rotatable bonds is 4. The Bertz CT molecular complexity index is 912. The topological polar surface area (TPSA) is 58.6 Å². The Hall–Kier alpha value is -2.96. The molecule has 0 radical (unpaired) electrons. The summed E-state index contributed by atoms with van der Waals surface area (Å²) in [5.74, 6) is -1.43. The van der Waals surface area contributed by atoms with Gasteiger partial charge in [0, 0.05) is 18.5 Å². The number of benzene rings is 2. The van der Waals surface area contributed by atoms with E-state index < -0.39 is 35.4 Å². The molecule has 5 nitrogen and oxygen atoms in total. The van der Waals surface area contributed by atoms with Gasteiger partial charge in [-0.2, -0.15) is 0 Å². The van der Waals surface area contributed by atoms with Crippen LogP contribution in [0.15, 0.2) is 48.5 Å². The van der Waals surface area contributed by atoms with Crippen molar-refractivity contribution in [2.75, 3.05) is 0 Å². The lowest BCUT2D eigenvalue weighted by molar-refractivity contribution is -0.138. The molecule has 2 aromatic rings. The molecule has 0 aromatic heterocycles. The highest BCUT2D eigenvalue weighted by Gasteiger charge is 2.39. The van der Waals surface area contributed by atoms with Crippen LogP contribution in [0.4, 0.5) is 13.6 Å². The van der Waals surface area contributed by atoms with Crippen molar-refractivity contribution in [2.45, 2.75) is 57.8 Å². The molecule has 1 fully saturated rings. The molecule has 30 heavy (non-hydrogen) atoms. The Balaban J connectivity index is 1.97. The quantitative estimate of drug-likeness (QED) is 0.785. The standard InChI is InChI=1S/C23H26F2N2O3/c1-23(2,3)30-22(29)26-19-11-12-20(28)27(14-15-7-5-4-6-8-15)21(19)17-13-16(24)9-10-18(17)25/h4-10,13,19,21H,11-12,14H2,1-3H3,(H,26,29)/t19-,21?/m0/s1. The van der Waals surface area contributed by atoms with Crippen molar-refractivity contribution in [1.82, 2.24) is 10.2 Å². The van der Waals surface area contributed by atoms with Crippen molar-refractivity contribution in [3.8, 4) is 0 Å². The van der Waals surface area contributed by atoms with Gasteiger partial charge in [0.1, 0.15) is 17.2 Å². The first-order valence-electron chi connectivity index (χ1n) is 9.92. The number of halogens is 2. The van der Waals surface area contributed by atoms with Crippen molar-refractivity contribution in [2.24, 2.45) is 0 Å². The third-order valence-electron chi connectivity index (χ3n) is 4.88. The van der Waals surface area contributed by atoms with E-state index in [1.165, 1.54) is 4.90 Å². The Morgan fingerprint density at radius 1 is 1.17 bits per heavy atom. The SMILES string of the molecule is CC(C)(C)OC(=O)N[C@H]1CCC(=O)N(Cc2ccccc2)C1c1cc(F)ccc1F. The number of nitrogens with one attached hydrogen (secondary N) is 1. The molecule has 0 bridgehead atoms. The number of nitrogens with zero attached hydrogens (tertiary/aromatic N) is 1. The van der Waals surface area contributed by atoms with Crippen LogP contribution >= 0.6 is 0 Å². The van der Waals surface area contributed by atoms with Crippen LogP contribution < -0.4 is 5.32 Å². The van der Waals surface area contributed by atoms with E-state index in [4.69, 9.17) is 4.74 Å². The van der Waals surface area contributed by atoms with Gasteiger partial charge >= 0.3 is 6.09 Å². The van der Waals surface area contributed by atoms with E-state index in [0.717, 1.165) is 23.8 Å². The predicted octanol–water partition coefficient (Wildman–Crippen LogP) is 4.72. The second-order valence-electron chi connectivity index (χ2n) is 8.41. The van der Waals surface area contributed by atoms with E-state index in [-0.39, 0.29) is 24.4 Å². The smallest absolute Gasteiger partial charge is 0.407 e. The number of amides is 2. The van der Waals surface area contributed by atoms with Gasteiger partial charge in [0.2, 0.25) is 5.91 Å². The van der Waals surface area contributed by atoms with Gasteiger partial charge in [-0.15, -0.1) is 0 Å². The molecule has 2 amide bonds. The van der Waals surface area contributed by atoms with Crippen molar-refractivity contribution in [3.63, 3.8) is 0 Å². The highest BCUT2D eigenvalue weighted by atomic mass is 19.1. The maximum absolute atomic E-state index is 14.7. The van der Waals surface area contributed by atoms with Crippen LogP contribution in [-0.4, -0.2) is 28.5 Å². The highest BCUT2D eigenvalue weighted by Crippen LogP contribution is 2.35. The number of likely N-dealkylation sites (tertiary alicyclic amines) is 1. The zero-order valence-corrected chi connectivity index (χ0v) is 17.3. The summed E-state index contributed by atoms with van der Waals surface area (Å²) in [4.78, 5) is 26.7. The van der Waals surface area contributed by atoms with Crippen LogP contribution in [0.3, 0.4) is 0 Å². The molecule has 1 heterocycles. The summed E-state index contributed by atoms with van der Waals surface area (Å²) in [6.45, 7) is 5.43. The fourth-order valence-corrected chi connectivity index (χ4v) is 3.66. The molecule has 1 saturated heterocycles. The number of carbonyl (C=O) groups excluding carboxylic acids is 2. The van der Waals surface area contributed by atoms with Gasteiger partial charge in [-0.1, -0.05) is 30.3 Å². The fourth-order valence-electron chi connectivity index (χ4n) is 3.66. The zero-order valence-electron chi connectivity index (χ0n) is 17.3. The van der Waals surface area contributed by atoms with Gasteiger partial charge in [-0.25, -0.2) is 13.6 Å². The minimum Gasteiger partial charge on any atom is -0.444 e. The fraction of sp³-hybridized carbons (Fsp3) is 0.391. The maximum Gasteiger partial charge on any atom is 0.407 e. The second kappa shape index (κ2) is 8.81. The maximum atomic E-state index is 14.7. The van der Waals surface area contributed by atoms with Crippen molar-refractivity contribution in [1.29, 1.82) is 0 Å². The van der Waals surface area contributed by atoms with E-state index in [9.17, 15) is 18.4 Å². The Kier molecular flexibility index (Phi) is 6.39. The Morgan fingerprint density at radius 3 is 2.53 bits per heavy atom. The van der Waals surface area contributed by atoms with Crippen LogP contribution in [0.1, 0.15) is 50.8 Å². The molecular weight excluding hydrogens is 390 g/mol. The third kappa shape index (κ3) is 5.34. The summed E-state index contributed by atoms with van der Waals surface area (Å²) in [5.41, 5.74) is 0.170. The Labute approximate surface area is 175 Å². The number of ether oxygens (including phenoxy) is 1. The number of hydrogen-bond donors (Lipinski definition) is 1. The average Bonchev–Trinajstić information content (AvgIpc) is 2.66. The van der Waals surface area contributed by atoms with Crippen molar-refractivity contribution >= 4 is 12.0 Å². The highest BCUT2D eigenvalue weighted by molar-refractivity contribution is 5.78. The Morgan fingerprint density at radius 2 is 1.87 bits per heavy atom. The van der Waals surface area contributed by atoms with Gasteiger partial charge < -0.3 is 15.0 Å². The monoisotopic (exact) mass is 416 g/mol. The van der Waals surface area contributed by atoms with E-state index in [0.29, 0.717) is 6.42 Å². The molecule has 0 saturated carbocycles. The largest absolute Gasteiger partial charge is 0.444 e. The second-order valence-corrected chi connectivity index (χ2v) is 8.41. The molecule has 2 aromatic carbocycles. The first-order chi connectivity index (χ1) is 14.1. The van der Waals surface area contributed by atoms with Crippen LogP contribution in [0.2, 0.25) is 0 Å². The number of hydrogen-bond acceptors (Lipinski definition) is 3. The molecule has 7 heteroatoms. The summed E-state index contributed by atoms with van der Waals surface area (Å²) in [6, 6.07) is 10.9. The molecule has 1 aliphatic heterocycles. The van der Waals surface area contributed by atoms with E-state index in [1.54, 1.807) is 20.8 Å². The molecular formula is C23H26F2N2O3. The first kappa shape index (κ1) is 21.7. The van der Waals surface area contributed by atoms with Crippen molar-refractivity contribution < 1.29 is 23.1 Å². The van der Waals surface area contributed by atoms with Gasteiger partial charge in [-0.05, 0) is 51.0 Å². The van der Waals surface area contributed by atoms with E-state index in [2.05, 4.69) is 5.32 Å². The number of carbonyl (C=O) groups is 2. The molecule has 0 aliphatic carbocycles. The van der Waals surface area contributed by atoms with Crippen LogP contribution in [0, 0.1) is 11.6 Å². The van der Waals surface area contributed by atoms with Crippen LogP contribution in [0.25, 0.3) is 0 Å². The normalized spacial score (nSPS) is 19.5. The van der Waals surface area contributed by atoms with Crippen LogP contribution in [0.5, 0.6) is 0 Å². The minimum atomic E-state index is -0.866. The lowest BCUT2D eigenvalue weighted by atomic mass is 9.89. The first-order valence-corrected chi connectivity index (χ1v) is 9.92. The number of alkyl carbamates (subject to hydrolysis) is 1. The minimum absolute atomic E-state index is 0.0278. The van der Waals surface area contributed by atoms with Crippen LogP contribution in [-0.2, 0) is 16.1 Å². The summed E-state index contributed by atoms with van der Waals surface area (Å²) in [7, 11) is 0. The molecule has 2 atom stereocenters. The van der Waals surface area contributed by atoms with E-state index in [1.807, 2.05) is 30.3 Å². The molecule has 0 spiro atoms. The summed E-state index contributed by atoms with van der Waals surface area (Å²) in [6.07, 6.45) is -0.187. The van der Waals surface area contributed by atoms with Gasteiger partial charge in [0.15, 0.2) is 0 Å². The lowest BCUT2D eigenvalue weighted by Crippen LogP contribution is -2.52. The van der Waals surface area contributed by atoms with Gasteiger partial charge in [0.25, 0.3) is 0 Å². The summed E-state index contributed by atoms with van der Waals surface area (Å²) >= 11 is 0. The van der Waals surface area contributed by atoms with Gasteiger partial charge in [-0.3, -0.25) is 4.79 Å². The summed E-state index contributed by atoms with van der Waals surface area (Å²) < 4.78 is 34.0. The van der Waals surface area contributed by atoms with Crippen molar-refractivity contribution in [3.05, 3.63) is 71.3 Å². The zero-order chi connectivity index (χ0) is 21.9. The third-order valence-corrected chi connectivity index (χ3v) is 4.88. The summed E-state index contributed by atoms with van der Waals surface area (Å²) in [5, 5.41) is 2.76. The molecule has 3 rings (SSSR count). The number of piperidine rings is 1. The molecule has 1 aliphatic rings. The molecule has 160 valence electrons. The average molecular weight is 416 g/mol.